The molecule has 2 aliphatic heterocycles. The van der Waals surface area contributed by atoms with Crippen molar-refractivity contribution in [2.45, 2.75) is 31.8 Å². The highest BCUT2D eigenvalue weighted by atomic mass is 19.1. The molecule has 2 heterocycles. The molecule has 1 saturated heterocycles. The molecule has 1 aromatic rings. The lowest BCUT2D eigenvalue weighted by molar-refractivity contribution is -0.135. The lowest BCUT2D eigenvalue weighted by atomic mass is 9.92. The van der Waals surface area contributed by atoms with Gasteiger partial charge in [0.15, 0.2) is 0 Å². The van der Waals surface area contributed by atoms with E-state index in [0.717, 1.165) is 12.6 Å². The van der Waals surface area contributed by atoms with Gasteiger partial charge in [0.2, 0.25) is 5.91 Å². The summed E-state index contributed by atoms with van der Waals surface area (Å²) in [6, 6.07) is 1.95. The summed E-state index contributed by atoms with van der Waals surface area (Å²) in [5, 5.41) is 3.25. The van der Waals surface area contributed by atoms with E-state index in [-0.39, 0.29) is 18.0 Å². The molecule has 2 atom stereocenters. The third kappa shape index (κ3) is 2.98. The maximum Gasteiger partial charge on any atom is 0.224 e. The second kappa shape index (κ2) is 6.30. The molecule has 0 spiro atoms. The number of amides is 1. The third-order valence-electron chi connectivity index (χ3n) is 4.45. The predicted octanol–water partition coefficient (Wildman–Crippen LogP) is 1.79. The lowest BCUT2D eigenvalue weighted by Gasteiger charge is -2.36. The number of carbonyl (C=O) groups is 1. The summed E-state index contributed by atoms with van der Waals surface area (Å²) >= 11 is 0. The van der Waals surface area contributed by atoms with Crippen molar-refractivity contribution in [2.75, 3.05) is 26.3 Å². The SMILES string of the molecule is CC1c2cc(F)cc(F)c2CCN1C(=O)CC1COCCN1. The van der Waals surface area contributed by atoms with E-state index in [1.165, 1.54) is 6.07 Å². The Morgan fingerprint density at radius 2 is 2.27 bits per heavy atom. The van der Waals surface area contributed by atoms with Crippen LogP contribution >= 0.6 is 0 Å². The van der Waals surface area contributed by atoms with Crippen LogP contribution in [0.4, 0.5) is 8.78 Å². The van der Waals surface area contributed by atoms with Crippen molar-refractivity contribution in [1.29, 1.82) is 0 Å². The minimum absolute atomic E-state index is 0.00850. The number of carbonyl (C=O) groups excluding carboxylic acids is 1. The summed E-state index contributed by atoms with van der Waals surface area (Å²) in [5.74, 6) is -1.12. The summed E-state index contributed by atoms with van der Waals surface area (Å²) < 4.78 is 32.6. The van der Waals surface area contributed by atoms with E-state index in [4.69, 9.17) is 4.74 Å². The maximum absolute atomic E-state index is 13.8. The molecule has 0 aliphatic carbocycles. The Morgan fingerprint density at radius 1 is 1.45 bits per heavy atom. The Balaban J connectivity index is 1.74. The third-order valence-corrected chi connectivity index (χ3v) is 4.45. The van der Waals surface area contributed by atoms with Gasteiger partial charge in [0.1, 0.15) is 11.6 Å². The van der Waals surface area contributed by atoms with Crippen molar-refractivity contribution in [3.05, 3.63) is 34.9 Å². The van der Waals surface area contributed by atoms with Gasteiger partial charge in [0, 0.05) is 31.6 Å². The molecule has 22 heavy (non-hydrogen) atoms. The highest BCUT2D eigenvalue weighted by Gasteiger charge is 2.31. The summed E-state index contributed by atoms with van der Waals surface area (Å²) in [5.41, 5.74) is 1.10. The molecule has 120 valence electrons. The molecule has 1 aromatic carbocycles. The number of benzene rings is 1. The quantitative estimate of drug-likeness (QED) is 0.905. The normalized spacial score (nSPS) is 25.0. The zero-order chi connectivity index (χ0) is 15.7. The van der Waals surface area contributed by atoms with Gasteiger partial charge in [0.05, 0.1) is 19.3 Å². The Hall–Kier alpha value is -1.53. The molecular formula is C16H20F2N2O2. The molecule has 6 heteroatoms. The van der Waals surface area contributed by atoms with E-state index in [9.17, 15) is 13.6 Å². The van der Waals surface area contributed by atoms with Crippen molar-refractivity contribution in [1.82, 2.24) is 10.2 Å². The fourth-order valence-corrected chi connectivity index (χ4v) is 3.27. The molecule has 0 radical (unpaired) electrons. The Kier molecular flexibility index (Phi) is 4.40. The molecule has 0 aromatic heterocycles. The van der Waals surface area contributed by atoms with Gasteiger partial charge >= 0.3 is 0 Å². The Labute approximate surface area is 128 Å². The van der Waals surface area contributed by atoms with E-state index < -0.39 is 11.6 Å². The van der Waals surface area contributed by atoms with Gasteiger partial charge < -0.3 is 15.0 Å². The summed E-state index contributed by atoms with van der Waals surface area (Å²) in [6.07, 6.45) is 0.767. The molecule has 4 nitrogen and oxygen atoms in total. The molecule has 3 rings (SSSR count). The minimum Gasteiger partial charge on any atom is -0.378 e. The van der Waals surface area contributed by atoms with Gasteiger partial charge in [-0.15, -0.1) is 0 Å². The van der Waals surface area contributed by atoms with Gasteiger partial charge in [0.25, 0.3) is 0 Å². The van der Waals surface area contributed by atoms with Crippen molar-refractivity contribution in [2.24, 2.45) is 0 Å². The second-order valence-corrected chi connectivity index (χ2v) is 5.90. The average Bonchev–Trinajstić information content (AvgIpc) is 2.49. The predicted molar refractivity (Wildman–Crippen MR) is 77.4 cm³/mol. The number of nitrogens with one attached hydrogen (secondary N) is 1. The smallest absolute Gasteiger partial charge is 0.224 e. The first kappa shape index (κ1) is 15.4. The van der Waals surface area contributed by atoms with Crippen LogP contribution in [0.2, 0.25) is 0 Å². The molecule has 1 fully saturated rings. The van der Waals surface area contributed by atoms with Gasteiger partial charge in [-0.3, -0.25) is 4.79 Å². The van der Waals surface area contributed by atoms with E-state index >= 15 is 0 Å². The van der Waals surface area contributed by atoms with Crippen molar-refractivity contribution >= 4 is 5.91 Å². The van der Waals surface area contributed by atoms with E-state index in [1.54, 1.807) is 4.90 Å². The molecule has 0 bridgehead atoms. The number of morpholine rings is 1. The van der Waals surface area contributed by atoms with E-state index in [0.29, 0.717) is 43.7 Å². The summed E-state index contributed by atoms with van der Waals surface area (Å²) in [6.45, 7) is 4.21. The van der Waals surface area contributed by atoms with Crippen LogP contribution in [0, 0.1) is 11.6 Å². The number of hydrogen-bond acceptors (Lipinski definition) is 3. The average molecular weight is 310 g/mol. The number of ether oxygens (including phenoxy) is 1. The number of nitrogens with zero attached hydrogens (tertiary/aromatic N) is 1. The van der Waals surface area contributed by atoms with Crippen molar-refractivity contribution in [3.63, 3.8) is 0 Å². The summed E-state index contributed by atoms with van der Waals surface area (Å²) in [4.78, 5) is 14.2. The largest absolute Gasteiger partial charge is 0.378 e. The Bertz CT molecular complexity index is 574. The van der Waals surface area contributed by atoms with Crippen LogP contribution in [-0.2, 0) is 16.0 Å². The standard InChI is InChI=1S/C16H20F2N2O2/c1-10-14-6-11(17)7-15(18)13(14)2-4-20(10)16(21)8-12-9-22-5-3-19-12/h6-7,10,12,19H,2-5,8-9H2,1H3. The molecule has 2 unspecified atom stereocenters. The van der Waals surface area contributed by atoms with Crippen LogP contribution in [0.15, 0.2) is 12.1 Å². The van der Waals surface area contributed by atoms with Gasteiger partial charge in [-0.1, -0.05) is 0 Å². The van der Waals surface area contributed by atoms with Crippen LogP contribution in [0.1, 0.15) is 30.5 Å². The molecule has 2 aliphatic rings. The fraction of sp³-hybridized carbons (Fsp3) is 0.562. The fourth-order valence-electron chi connectivity index (χ4n) is 3.27. The first-order valence-corrected chi connectivity index (χ1v) is 7.64. The number of hydrogen-bond donors (Lipinski definition) is 1. The van der Waals surface area contributed by atoms with Gasteiger partial charge in [-0.25, -0.2) is 8.78 Å². The number of halogens is 2. The highest BCUT2D eigenvalue weighted by molar-refractivity contribution is 5.77. The molecule has 1 N–H and O–H groups in total. The van der Waals surface area contributed by atoms with Crippen molar-refractivity contribution in [3.8, 4) is 0 Å². The first-order valence-electron chi connectivity index (χ1n) is 7.64. The minimum atomic E-state index is -0.597. The molecule has 0 saturated carbocycles. The Morgan fingerprint density at radius 3 is 3.00 bits per heavy atom. The summed E-state index contributed by atoms with van der Waals surface area (Å²) in [7, 11) is 0. The monoisotopic (exact) mass is 310 g/mol. The molecular weight excluding hydrogens is 290 g/mol. The van der Waals surface area contributed by atoms with Crippen LogP contribution < -0.4 is 5.32 Å². The van der Waals surface area contributed by atoms with Crippen LogP contribution in [0.5, 0.6) is 0 Å². The first-order chi connectivity index (χ1) is 10.6. The van der Waals surface area contributed by atoms with Gasteiger partial charge in [-0.2, -0.15) is 0 Å². The zero-order valence-electron chi connectivity index (χ0n) is 12.6. The number of fused-ring (bicyclic) bond motifs is 1. The maximum atomic E-state index is 13.8. The van der Waals surface area contributed by atoms with Crippen molar-refractivity contribution < 1.29 is 18.3 Å². The number of rotatable bonds is 2. The second-order valence-electron chi connectivity index (χ2n) is 5.90. The van der Waals surface area contributed by atoms with E-state index in [2.05, 4.69) is 5.32 Å². The highest BCUT2D eigenvalue weighted by Crippen LogP contribution is 2.32. The topological polar surface area (TPSA) is 41.6 Å². The zero-order valence-corrected chi connectivity index (χ0v) is 12.6. The lowest BCUT2D eigenvalue weighted by Crippen LogP contribution is -2.46. The van der Waals surface area contributed by atoms with Crippen LogP contribution in [0.3, 0.4) is 0 Å². The van der Waals surface area contributed by atoms with E-state index in [1.807, 2.05) is 6.92 Å². The van der Waals surface area contributed by atoms with Crippen LogP contribution in [-0.4, -0.2) is 43.2 Å². The van der Waals surface area contributed by atoms with Gasteiger partial charge in [-0.05, 0) is 30.5 Å². The molecule has 1 amide bonds. The van der Waals surface area contributed by atoms with Crippen LogP contribution in [0.25, 0.3) is 0 Å².